The smallest absolute Gasteiger partial charge is 0.383 e. The summed E-state index contributed by atoms with van der Waals surface area (Å²) < 4.78 is 50.0. The number of benzene rings is 2. The molecule has 0 saturated carbocycles. The number of morpholine rings is 1. The molecule has 1 aliphatic heterocycles. The van der Waals surface area contributed by atoms with E-state index in [0.29, 0.717) is 12.2 Å². The minimum atomic E-state index is -4.55. The Morgan fingerprint density at radius 3 is 2.64 bits per heavy atom. The maximum atomic E-state index is 13.1. The van der Waals surface area contributed by atoms with Gasteiger partial charge in [0.1, 0.15) is 0 Å². The Hall–Kier alpha value is -3.11. The lowest BCUT2D eigenvalue weighted by atomic mass is 10.1. The van der Waals surface area contributed by atoms with Crippen molar-refractivity contribution in [3.8, 4) is 0 Å². The van der Waals surface area contributed by atoms with Crippen molar-refractivity contribution in [1.29, 1.82) is 0 Å². The van der Waals surface area contributed by atoms with E-state index in [1.807, 2.05) is 18.2 Å². The molecule has 3 amide bonds. The summed E-state index contributed by atoms with van der Waals surface area (Å²) in [7, 11) is 1.47. The van der Waals surface area contributed by atoms with Crippen LogP contribution in [0.3, 0.4) is 0 Å². The number of amides is 3. The predicted octanol–water partition coefficient (Wildman–Crippen LogP) is 3.73. The Morgan fingerprint density at radius 1 is 1.18 bits per heavy atom. The Balaban J connectivity index is 1.68. The number of rotatable bonds is 7. The third-order valence-corrected chi connectivity index (χ3v) is 5.16. The molecule has 2 aromatic rings. The number of carbonyl (C=O) groups is 2. The lowest BCUT2D eigenvalue weighted by Crippen LogP contribution is -2.52. The first-order valence-electron chi connectivity index (χ1n) is 10.5. The van der Waals surface area contributed by atoms with Crippen molar-refractivity contribution >= 4 is 17.6 Å². The summed E-state index contributed by atoms with van der Waals surface area (Å²) >= 11 is 0. The van der Waals surface area contributed by atoms with Gasteiger partial charge in [0, 0.05) is 38.0 Å². The van der Waals surface area contributed by atoms with Gasteiger partial charge in [0.25, 0.3) is 5.91 Å². The van der Waals surface area contributed by atoms with Crippen LogP contribution in [-0.2, 0) is 15.7 Å². The number of urea groups is 1. The molecule has 7 nitrogen and oxygen atoms in total. The number of methoxy groups -OCH3 is 1. The van der Waals surface area contributed by atoms with Gasteiger partial charge in [-0.1, -0.05) is 24.3 Å². The van der Waals surface area contributed by atoms with Gasteiger partial charge in [0.05, 0.1) is 31.4 Å². The van der Waals surface area contributed by atoms with E-state index < -0.39 is 23.8 Å². The summed E-state index contributed by atoms with van der Waals surface area (Å²) in [6, 6.07) is 13.0. The molecule has 0 bridgehead atoms. The number of para-hydroxylation sites is 1. The topological polar surface area (TPSA) is 71.1 Å². The molecule has 10 heteroatoms. The zero-order chi connectivity index (χ0) is 23.8. The van der Waals surface area contributed by atoms with Crippen molar-refractivity contribution < 1.29 is 32.2 Å². The Bertz CT molecular complexity index is 940. The number of nitrogens with one attached hydrogen (secondary N) is 1. The summed E-state index contributed by atoms with van der Waals surface area (Å²) in [5.74, 6) is -0.562. The monoisotopic (exact) mass is 465 g/mol. The third kappa shape index (κ3) is 6.93. The molecule has 3 rings (SSSR count). The van der Waals surface area contributed by atoms with Crippen molar-refractivity contribution in [2.45, 2.75) is 12.3 Å². The molecule has 0 unspecified atom stereocenters. The SMILES string of the molecule is COCCN(C[C@@H]1CN(C(=O)Nc2ccccc2)CCO1)C(=O)c1cccc(C(F)(F)F)c1. The van der Waals surface area contributed by atoms with E-state index in [2.05, 4.69) is 5.32 Å². The number of anilines is 1. The van der Waals surface area contributed by atoms with Crippen LogP contribution >= 0.6 is 0 Å². The summed E-state index contributed by atoms with van der Waals surface area (Å²) in [4.78, 5) is 28.6. The molecule has 2 aromatic carbocycles. The second-order valence-corrected chi connectivity index (χ2v) is 7.56. The van der Waals surface area contributed by atoms with Gasteiger partial charge < -0.3 is 24.6 Å². The maximum Gasteiger partial charge on any atom is 0.416 e. The number of alkyl halides is 3. The first-order valence-corrected chi connectivity index (χ1v) is 10.5. The number of ether oxygens (including phenoxy) is 2. The Kier molecular flexibility index (Phi) is 8.29. The lowest BCUT2D eigenvalue weighted by molar-refractivity contribution is -0.137. The molecular weight excluding hydrogens is 439 g/mol. The van der Waals surface area contributed by atoms with Gasteiger partial charge in [-0.2, -0.15) is 13.2 Å². The molecule has 0 aromatic heterocycles. The molecule has 1 saturated heterocycles. The average Bonchev–Trinajstić information content (AvgIpc) is 2.81. The van der Waals surface area contributed by atoms with Crippen LogP contribution in [0.1, 0.15) is 15.9 Å². The van der Waals surface area contributed by atoms with E-state index in [-0.39, 0.29) is 44.4 Å². The summed E-state index contributed by atoms with van der Waals surface area (Å²) in [5.41, 5.74) is -0.305. The molecule has 0 spiro atoms. The molecule has 0 aliphatic carbocycles. The minimum absolute atomic E-state index is 0.0737. The number of hydrogen-bond donors (Lipinski definition) is 1. The molecule has 1 aliphatic rings. The molecule has 1 atom stereocenters. The van der Waals surface area contributed by atoms with Gasteiger partial charge in [-0.05, 0) is 30.3 Å². The number of halogens is 3. The van der Waals surface area contributed by atoms with Crippen LogP contribution in [0.4, 0.5) is 23.7 Å². The van der Waals surface area contributed by atoms with E-state index in [4.69, 9.17) is 9.47 Å². The van der Waals surface area contributed by atoms with Gasteiger partial charge in [0.2, 0.25) is 0 Å². The third-order valence-electron chi connectivity index (χ3n) is 5.16. The normalized spacial score (nSPS) is 16.4. The largest absolute Gasteiger partial charge is 0.416 e. The van der Waals surface area contributed by atoms with E-state index in [1.165, 1.54) is 24.1 Å². The van der Waals surface area contributed by atoms with Crippen molar-refractivity contribution in [2.24, 2.45) is 0 Å². The Labute approximate surface area is 190 Å². The number of hydrogen-bond acceptors (Lipinski definition) is 4. The first kappa shape index (κ1) is 24.5. The fourth-order valence-electron chi connectivity index (χ4n) is 3.47. The molecule has 1 fully saturated rings. The number of nitrogens with zero attached hydrogens (tertiary/aromatic N) is 2. The van der Waals surface area contributed by atoms with E-state index in [9.17, 15) is 22.8 Å². The fourth-order valence-corrected chi connectivity index (χ4v) is 3.47. The van der Waals surface area contributed by atoms with Crippen molar-refractivity contribution in [3.63, 3.8) is 0 Å². The van der Waals surface area contributed by atoms with Crippen molar-refractivity contribution in [1.82, 2.24) is 9.80 Å². The molecular formula is C23H26F3N3O4. The first-order chi connectivity index (χ1) is 15.8. The fraction of sp³-hybridized carbons (Fsp3) is 0.391. The lowest BCUT2D eigenvalue weighted by Gasteiger charge is -2.35. The quantitative estimate of drug-likeness (QED) is 0.677. The van der Waals surface area contributed by atoms with E-state index >= 15 is 0 Å². The standard InChI is InChI=1S/C23H26F3N3O4/c1-32-12-10-28(21(30)17-6-5-7-18(14-17)23(24,25)26)15-20-16-29(11-13-33-20)22(31)27-19-8-3-2-4-9-19/h2-9,14,20H,10-13,15-16H2,1H3,(H,27,31)/t20-/m1/s1. The van der Waals surface area contributed by atoms with Gasteiger partial charge in [-0.3, -0.25) is 4.79 Å². The van der Waals surface area contributed by atoms with E-state index in [0.717, 1.165) is 12.1 Å². The van der Waals surface area contributed by atoms with Crippen molar-refractivity contribution in [2.75, 3.05) is 51.8 Å². The van der Waals surface area contributed by atoms with Gasteiger partial charge in [-0.15, -0.1) is 0 Å². The van der Waals surface area contributed by atoms with Crippen LogP contribution in [0.25, 0.3) is 0 Å². The number of carbonyl (C=O) groups excluding carboxylic acids is 2. The van der Waals surface area contributed by atoms with Gasteiger partial charge in [0.15, 0.2) is 0 Å². The molecule has 178 valence electrons. The van der Waals surface area contributed by atoms with Crippen LogP contribution in [0.5, 0.6) is 0 Å². The van der Waals surface area contributed by atoms with E-state index in [1.54, 1.807) is 17.0 Å². The zero-order valence-electron chi connectivity index (χ0n) is 18.2. The second-order valence-electron chi connectivity index (χ2n) is 7.56. The summed E-state index contributed by atoms with van der Waals surface area (Å²) in [6.07, 6.45) is -5.04. The molecule has 1 heterocycles. The van der Waals surface area contributed by atoms with Gasteiger partial charge in [-0.25, -0.2) is 4.79 Å². The highest BCUT2D eigenvalue weighted by atomic mass is 19.4. The van der Waals surface area contributed by atoms with Crippen LogP contribution < -0.4 is 5.32 Å². The highest BCUT2D eigenvalue weighted by molar-refractivity contribution is 5.94. The Morgan fingerprint density at radius 2 is 1.94 bits per heavy atom. The van der Waals surface area contributed by atoms with Crippen LogP contribution in [-0.4, -0.2) is 74.3 Å². The maximum absolute atomic E-state index is 13.1. The second kappa shape index (κ2) is 11.2. The highest BCUT2D eigenvalue weighted by Gasteiger charge is 2.32. The van der Waals surface area contributed by atoms with Crippen LogP contribution in [0.15, 0.2) is 54.6 Å². The molecule has 33 heavy (non-hydrogen) atoms. The summed E-state index contributed by atoms with van der Waals surface area (Å²) in [6.45, 7) is 1.38. The predicted molar refractivity (Wildman–Crippen MR) is 116 cm³/mol. The zero-order valence-corrected chi connectivity index (χ0v) is 18.2. The van der Waals surface area contributed by atoms with Crippen molar-refractivity contribution in [3.05, 3.63) is 65.7 Å². The molecule has 1 N–H and O–H groups in total. The van der Waals surface area contributed by atoms with Crippen LogP contribution in [0.2, 0.25) is 0 Å². The van der Waals surface area contributed by atoms with Gasteiger partial charge >= 0.3 is 12.2 Å². The highest BCUT2D eigenvalue weighted by Crippen LogP contribution is 2.29. The minimum Gasteiger partial charge on any atom is -0.383 e. The average molecular weight is 465 g/mol. The van der Waals surface area contributed by atoms with Crippen LogP contribution in [0, 0.1) is 0 Å². The molecule has 0 radical (unpaired) electrons. The summed E-state index contributed by atoms with van der Waals surface area (Å²) in [5, 5.41) is 2.81.